The van der Waals surface area contributed by atoms with Crippen molar-refractivity contribution in [2.75, 3.05) is 6.54 Å². The second kappa shape index (κ2) is 6.77. The van der Waals surface area contributed by atoms with Gasteiger partial charge in [0.2, 0.25) is 5.91 Å². The predicted molar refractivity (Wildman–Crippen MR) is 88.1 cm³/mol. The summed E-state index contributed by atoms with van der Waals surface area (Å²) in [6, 6.07) is 7.81. The molecule has 0 saturated heterocycles. The van der Waals surface area contributed by atoms with E-state index in [0.29, 0.717) is 12.4 Å². The molecule has 1 N–H and O–H groups in total. The number of carbonyl (C=O) groups excluding carboxylic acids is 1. The monoisotopic (exact) mass is 311 g/mol. The Morgan fingerprint density at radius 3 is 2.87 bits per heavy atom. The van der Waals surface area contributed by atoms with E-state index in [4.69, 9.17) is 4.74 Å². The van der Waals surface area contributed by atoms with E-state index in [1.165, 1.54) is 0 Å². The highest BCUT2D eigenvalue weighted by atomic mass is 16.5. The van der Waals surface area contributed by atoms with Gasteiger partial charge in [-0.05, 0) is 24.1 Å². The lowest BCUT2D eigenvalue weighted by Crippen LogP contribution is -2.37. The fraction of sp³-hybridized carbons (Fsp3) is 0.389. The zero-order valence-electron chi connectivity index (χ0n) is 13.5. The van der Waals surface area contributed by atoms with E-state index in [1.54, 1.807) is 18.5 Å². The first kappa shape index (κ1) is 15.5. The van der Waals surface area contributed by atoms with Crippen molar-refractivity contribution in [3.63, 3.8) is 0 Å². The summed E-state index contributed by atoms with van der Waals surface area (Å²) in [5, 5.41) is 2.97. The second-order valence-electron chi connectivity index (χ2n) is 5.86. The maximum absolute atomic E-state index is 11.9. The third-order valence-corrected chi connectivity index (χ3v) is 4.20. The molecule has 0 unspecified atom stereocenters. The summed E-state index contributed by atoms with van der Waals surface area (Å²) in [5.41, 5.74) is 2.04. The first-order valence-corrected chi connectivity index (χ1v) is 8.02. The summed E-state index contributed by atoms with van der Waals surface area (Å²) in [7, 11) is 0. The van der Waals surface area contributed by atoms with Gasteiger partial charge in [-0.3, -0.25) is 4.79 Å². The minimum absolute atomic E-state index is 0.0343. The molecule has 2 heterocycles. The lowest BCUT2D eigenvalue weighted by atomic mass is 10.1. The standard InChI is InChI=1S/C18H21N3O2/c1-3-12(2)18(22)21-11-14-10-13-6-4-7-15(16(13)23-14)17-19-8-5-9-20-17/h4-9,12,14H,3,10-11H2,1-2H3,(H,21,22)/t12-,14-/m0/s1. The van der Waals surface area contributed by atoms with E-state index in [0.717, 1.165) is 29.7 Å². The average molecular weight is 311 g/mol. The van der Waals surface area contributed by atoms with Crippen molar-refractivity contribution in [1.82, 2.24) is 15.3 Å². The van der Waals surface area contributed by atoms with Gasteiger partial charge in [0.1, 0.15) is 11.9 Å². The highest BCUT2D eigenvalue weighted by molar-refractivity contribution is 5.78. The van der Waals surface area contributed by atoms with Crippen LogP contribution in [0.3, 0.4) is 0 Å². The maximum Gasteiger partial charge on any atom is 0.222 e. The molecule has 1 aliphatic rings. The molecule has 1 aromatic carbocycles. The van der Waals surface area contributed by atoms with Crippen LogP contribution in [0.5, 0.6) is 5.75 Å². The van der Waals surface area contributed by atoms with Gasteiger partial charge in [-0.15, -0.1) is 0 Å². The van der Waals surface area contributed by atoms with Crippen molar-refractivity contribution in [1.29, 1.82) is 0 Å². The van der Waals surface area contributed by atoms with Crippen molar-refractivity contribution < 1.29 is 9.53 Å². The van der Waals surface area contributed by atoms with Crippen LogP contribution in [0.25, 0.3) is 11.4 Å². The summed E-state index contributed by atoms with van der Waals surface area (Å²) in [6.45, 7) is 4.47. The first-order chi connectivity index (χ1) is 11.2. The number of hydrogen-bond donors (Lipinski definition) is 1. The zero-order valence-corrected chi connectivity index (χ0v) is 13.5. The minimum atomic E-state index is -0.0390. The van der Waals surface area contributed by atoms with Crippen molar-refractivity contribution >= 4 is 5.91 Å². The molecule has 23 heavy (non-hydrogen) atoms. The van der Waals surface area contributed by atoms with Gasteiger partial charge in [0.05, 0.1) is 12.1 Å². The number of rotatable bonds is 5. The highest BCUT2D eigenvalue weighted by Crippen LogP contribution is 2.37. The molecule has 3 rings (SSSR count). The molecule has 120 valence electrons. The van der Waals surface area contributed by atoms with Gasteiger partial charge in [-0.2, -0.15) is 0 Å². The Kier molecular flexibility index (Phi) is 4.55. The van der Waals surface area contributed by atoms with Crippen LogP contribution in [0.2, 0.25) is 0 Å². The first-order valence-electron chi connectivity index (χ1n) is 8.02. The molecule has 1 aliphatic heterocycles. The van der Waals surface area contributed by atoms with E-state index in [-0.39, 0.29) is 17.9 Å². The van der Waals surface area contributed by atoms with Crippen molar-refractivity contribution in [3.8, 4) is 17.1 Å². The molecular weight excluding hydrogens is 290 g/mol. The Morgan fingerprint density at radius 2 is 2.13 bits per heavy atom. The number of carbonyl (C=O) groups is 1. The Balaban J connectivity index is 1.71. The Bertz CT molecular complexity index is 688. The number of ether oxygens (including phenoxy) is 1. The van der Waals surface area contributed by atoms with Crippen LogP contribution in [0.4, 0.5) is 0 Å². The van der Waals surface area contributed by atoms with Crippen LogP contribution >= 0.6 is 0 Å². The average Bonchev–Trinajstić information content (AvgIpc) is 3.02. The number of benzene rings is 1. The molecule has 0 aliphatic carbocycles. The summed E-state index contributed by atoms with van der Waals surface area (Å²) < 4.78 is 6.06. The van der Waals surface area contributed by atoms with Gasteiger partial charge >= 0.3 is 0 Å². The van der Waals surface area contributed by atoms with Gasteiger partial charge in [0.15, 0.2) is 5.82 Å². The lowest BCUT2D eigenvalue weighted by Gasteiger charge is -2.15. The lowest BCUT2D eigenvalue weighted by molar-refractivity contribution is -0.124. The van der Waals surface area contributed by atoms with Gasteiger partial charge < -0.3 is 10.1 Å². The molecule has 2 aromatic rings. The number of para-hydroxylation sites is 1. The van der Waals surface area contributed by atoms with Gasteiger partial charge in [0.25, 0.3) is 0 Å². The van der Waals surface area contributed by atoms with E-state index in [2.05, 4.69) is 21.4 Å². The SMILES string of the molecule is CC[C@H](C)C(=O)NC[C@@H]1Cc2cccc(-c3ncccn3)c2O1. The summed E-state index contributed by atoms with van der Waals surface area (Å²) >= 11 is 0. The number of nitrogens with zero attached hydrogens (tertiary/aromatic N) is 2. The Morgan fingerprint density at radius 1 is 1.35 bits per heavy atom. The maximum atomic E-state index is 11.9. The van der Waals surface area contributed by atoms with Crippen LogP contribution in [-0.2, 0) is 11.2 Å². The third-order valence-electron chi connectivity index (χ3n) is 4.20. The van der Waals surface area contributed by atoms with Crippen LogP contribution in [-0.4, -0.2) is 28.5 Å². The molecule has 5 heteroatoms. The Hall–Kier alpha value is -2.43. The largest absolute Gasteiger partial charge is 0.487 e. The minimum Gasteiger partial charge on any atom is -0.487 e. The van der Waals surface area contributed by atoms with Crippen LogP contribution in [0.1, 0.15) is 25.8 Å². The second-order valence-corrected chi connectivity index (χ2v) is 5.86. The summed E-state index contributed by atoms with van der Waals surface area (Å²) in [4.78, 5) is 20.5. The number of fused-ring (bicyclic) bond motifs is 1. The molecule has 1 amide bonds. The number of aromatic nitrogens is 2. The van der Waals surface area contributed by atoms with E-state index < -0.39 is 0 Å². The van der Waals surface area contributed by atoms with Gasteiger partial charge in [-0.25, -0.2) is 9.97 Å². The van der Waals surface area contributed by atoms with Gasteiger partial charge in [-0.1, -0.05) is 26.0 Å². The normalized spacial score (nSPS) is 17.2. The number of hydrogen-bond acceptors (Lipinski definition) is 4. The van der Waals surface area contributed by atoms with Crippen LogP contribution in [0, 0.1) is 5.92 Å². The fourth-order valence-corrected chi connectivity index (χ4v) is 2.64. The van der Waals surface area contributed by atoms with E-state index >= 15 is 0 Å². The molecule has 0 fully saturated rings. The number of amides is 1. The zero-order chi connectivity index (χ0) is 16.2. The molecule has 0 bridgehead atoms. The van der Waals surface area contributed by atoms with Crippen LogP contribution < -0.4 is 10.1 Å². The van der Waals surface area contributed by atoms with Crippen LogP contribution in [0.15, 0.2) is 36.7 Å². The third kappa shape index (κ3) is 3.33. The molecule has 0 spiro atoms. The molecule has 1 aromatic heterocycles. The molecule has 5 nitrogen and oxygen atoms in total. The molecule has 0 radical (unpaired) electrons. The smallest absolute Gasteiger partial charge is 0.222 e. The topological polar surface area (TPSA) is 64.1 Å². The quantitative estimate of drug-likeness (QED) is 0.922. The van der Waals surface area contributed by atoms with Gasteiger partial charge in [0, 0.05) is 24.7 Å². The summed E-state index contributed by atoms with van der Waals surface area (Å²) in [5.74, 6) is 1.61. The molecule has 2 atom stereocenters. The molecular formula is C18H21N3O2. The fourth-order valence-electron chi connectivity index (χ4n) is 2.64. The molecule has 0 saturated carbocycles. The number of nitrogens with one attached hydrogen (secondary N) is 1. The Labute approximate surface area is 136 Å². The highest BCUT2D eigenvalue weighted by Gasteiger charge is 2.27. The predicted octanol–water partition coefficient (Wildman–Crippen LogP) is 2.61. The summed E-state index contributed by atoms with van der Waals surface area (Å²) in [6.07, 6.45) is 5.04. The van der Waals surface area contributed by atoms with E-state index in [9.17, 15) is 4.79 Å². The van der Waals surface area contributed by atoms with Crippen molar-refractivity contribution in [2.24, 2.45) is 5.92 Å². The van der Waals surface area contributed by atoms with Crippen molar-refractivity contribution in [3.05, 3.63) is 42.2 Å². The van der Waals surface area contributed by atoms with E-state index in [1.807, 2.05) is 26.0 Å². The van der Waals surface area contributed by atoms with Crippen molar-refractivity contribution in [2.45, 2.75) is 32.8 Å².